The van der Waals surface area contributed by atoms with Crippen molar-refractivity contribution in [2.24, 2.45) is 0 Å². The van der Waals surface area contributed by atoms with E-state index in [1.54, 1.807) is 0 Å². The third-order valence-corrected chi connectivity index (χ3v) is 16.3. The van der Waals surface area contributed by atoms with E-state index in [0.717, 1.165) is 51.4 Å². The van der Waals surface area contributed by atoms with Crippen molar-refractivity contribution < 1.29 is 24.5 Å². The molecule has 450 valence electrons. The number of esters is 1. The molecule has 0 rings (SSSR count). The Morgan fingerprint density at radius 1 is 0.368 bits per heavy atom. The maximum Gasteiger partial charge on any atom is 0.305 e. The van der Waals surface area contributed by atoms with Crippen molar-refractivity contribution in [1.29, 1.82) is 0 Å². The van der Waals surface area contributed by atoms with Crippen LogP contribution in [-0.4, -0.2) is 47.4 Å². The van der Waals surface area contributed by atoms with Crippen molar-refractivity contribution in [2.75, 3.05) is 13.2 Å². The maximum atomic E-state index is 12.5. The summed E-state index contributed by atoms with van der Waals surface area (Å²) in [5.74, 6) is -0.0242. The molecular weight excluding hydrogens is 935 g/mol. The van der Waals surface area contributed by atoms with Gasteiger partial charge in [-0.25, -0.2) is 0 Å². The lowest BCUT2D eigenvalue weighted by atomic mass is 10.0. The van der Waals surface area contributed by atoms with Crippen LogP contribution in [0.1, 0.15) is 386 Å². The molecule has 0 heterocycles. The number of amides is 1. The van der Waals surface area contributed by atoms with Crippen LogP contribution in [0.3, 0.4) is 0 Å². The van der Waals surface area contributed by atoms with Gasteiger partial charge in [0.2, 0.25) is 5.91 Å². The van der Waals surface area contributed by atoms with Gasteiger partial charge in [-0.05, 0) is 57.8 Å². The Bertz CT molecular complexity index is 1190. The first-order valence-electron chi connectivity index (χ1n) is 34.6. The Morgan fingerprint density at radius 2 is 0.658 bits per heavy atom. The molecule has 0 aromatic heterocycles. The van der Waals surface area contributed by atoms with E-state index in [4.69, 9.17) is 4.74 Å². The van der Waals surface area contributed by atoms with Crippen molar-refractivity contribution >= 4 is 11.9 Å². The molecule has 0 aliphatic heterocycles. The summed E-state index contributed by atoms with van der Waals surface area (Å²) in [5.41, 5.74) is 0. The van der Waals surface area contributed by atoms with Crippen LogP contribution in [0.15, 0.2) is 24.3 Å². The van der Waals surface area contributed by atoms with Crippen molar-refractivity contribution in [3.63, 3.8) is 0 Å². The van der Waals surface area contributed by atoms with Crippen molar-refractivity contribution in [3.8, 4) is 0 Å². The summed E-state index contributed by atoms with van der Waals surface area (Å²) in [6.07, 6.45) is 82.2. The van der Waals surface area contributed by atoms with Gasteiger partial charge in [0.05, 0.1) is 25.4 Å². The van der Waals surface area contributed by atoms with E-state index in [-0.39, 0.29) is 18.5 Å². The molecule has 0 saturated carbocycles. The number of hydrogen-bond donors (Lipinski definition) is 3. The van der Waals surface area contributed by atoms with Crippen LogP contribution in [0.4, 0.5) is 0 Å². The number of rotatable bonds is 65. The number of nitrogens with one attached hydrogen (secondary N) is 1. The Morgan fingerprint density at radius 3 is 1.03 bits per heavy atom. The predicted octanol–water partition coefficient (Wildman–Crippen LogP) is 22.1. The highest BCUT2D eigenvalue weighted by molar-refractivity contribution is 5.76. The second kappa shape index (κ2) is 65.9. The average molecular weight is 1070 g/mol. The zero-order chi connectivity index (χ0) is 55.0. The molecule has 0 aromatic rings. The second-order valence-electron chi connectivity index (χ2n) is 23.9. The summed E-state index contributed by atoms with van der Waals surface area (Å²) < 4.78 is 5.49. The Hall–Kier alpha value is -1.66. The largest absolute Gasteiger partial charge is 0.466 e. The molecule has 76 heavy (non-hydrogen) atoms. The van der Waals surface area contributed by atoms with Crippen LogP contribution >= 0.6 is 0 Å². The summed E-state index contributed by atoms with van der Waals surface area (Å²) in [6.45, 7) is 4.96. The van der Waals surface area contributed by atoms with E-state index in [2.05, 4.69) is 43.5 Å². The van der Waals surface area contributed by atoms with Gasteiger partial charge in [0.25, 0.3) is 0 Å². The molecule has 0 saturated heterocycles. The van der Waals surface area contributed by atoms with Gasteiger partial charge in [0, 0.05) is 12.8 Å². The maximum absolute atomic E-state index is 12.5. The SMILES string of the molecule is CCCCC/C=C\C/C=C\CCCCCCCC(=O)OCCCCCCCCCCCCCCCCCCCCCCCCCCCCCC(=O)NC(CO)C(O)CCCCCCCCCCCCCCCCCCC. The van der Waals surface area contributed by atoms with E-state index in [1.807, 2.05) is 0 Å². The summed E-state index contributed by atoms with van der Waals surface area (Å²) in [7, 11) is 0. The van der Waals surface area contributed by atoms with E-state index >= 15 is 0 Å². The minimum absolute atomic E-state index is 0.00468. The minimum Gasteiger partial charge on any atom is -0.466 e. The molecule has 0 fully saturated rings. The topological polar surface area (TPSA) is 95.9 Å². The first-order chi connectivity index (χ1) is 37.5. The fourth-order valence-corrected chi connectivity index (χ4v) is 11.0. The monoisotopic (exact) mass is 1070 g/mol. The first kappa shape index (κ1) is 74.3. The highest BCUT2D eigenvalue weighted by Gasteiger charge is 2.20. The zero-order valence-electron chi connectivity index (χ0n) is 51.5. The molecule has 1 amide bonds. The molecule has 3 N–H and O–H groups in total. The molecule has 2 unspecified atom stereocenters. The third-order valence-electron chi connectivity index (χ3n) is 16.3. The number of unbranched alkanes of at least 4 members (excludes halogenated alkanes) is 50. The quantitative estimate of drug-likeness (QED) is 0.0320. The van der Waals surface area contributed by atoms with Crippen LogP contribution in [-0.2, 0) is 14.3 Å². The van der Waals surface area contributed by atoms with Crippen LogP contribution in [0.25, 0.3) is 0 Å². The van der Waals surface area contributed by atoms with Crippen molar-refractivity contribution in [3.05, 3.63) is 24.3 Å². The van der Waals surface area contributed by atoms with Gasteiger partial charge in [-0.15, -0.1) is 0 Å². The summed E-state index contributed by atoms with van der Waals surface area (Å²) in [4.78, 5) is 24.6. The van der Waals surface area contributed by atoms with E-state index < -0.39 is 12.1 Å². The molecule has 2 atom stereocenters. The zero-order valence-corrected chi connectivity index (χ0v) is 51.5. The van der Waals surface area contributed by atoms with E-state index in [1.165, 1.54) is 302 Å². The number of allylic oxidation sites excluding steroid dienone is 4. The summed E-state index contributed by atoms with van der Waals surface area (Å²) in [6, 6.07) is -0.539. The molecule has 6 heteroatoms. The normalized spacial score (nSPS) is 12.6. The number of hydrogen-bond acceptors (Lipinski definition) is 5. The summed E-state index contributed by atoms with van der Waals surface area (Å²) >= 11 is 0. The Kier molecular flexibility index (Phi) is 64.4. The van der Waals surface area contributed by atoms with Crippen LogP contribution in [0, 0.1) is 0 Å². The predicted molar refractivity (Wildman–Crippen MR) is 333 cm³/mol. The molecule has 0 aliphatic rings. The number of carbonyl (C=O) groups excluding carboxylic acids is 2. The van der Waals surface area contributed by atoms with Crippen LogP contribution in [0.2, 0.25) is 0 Å². The molecule has 0 aromatic carbocycles. The van der Waals surface area contributed by atoms with Gasteiger partial charge >= 0.3 is 5.97 Å². The van der Waals surface area contributed by atoms with Crippen molar-refractivity contribution in [2.45, 2.75) is 398 Å². The Labute approximate surface area is 475 Å². The lowest BCUT2D eigenvalue weighted by Gasteiger charge is -2.22. The van der Waals surface area contributed by atoms with E-state index in [0.29, 0.717) is 25.9 Å². The van der Waals surface area contributed by atoms with Gasteiger partial charge < -0.3 is 20.3 Å². The molecule has 0 spiro atoms. The van der Waals surface area contributed by atoms with Crippen molar-refractivity contribution in [1.82, 2.24) is 5.32 Å². The summed E-state index contributed by atoms with van der Waals surface area (Å²) in [5, 5.41) is 23.4. The van der Waals surface area contributed by atoms with Crippen LogP contribution < -0.4 is 5.32 Å². The highest BCUT2D eigenvalue weighted by atomic mass is 16.5. The first-order valence-corrected chi connectivity index (χ1v) is 34.6. The second-order valence-corrected chi connectivity index (χ2v) is 23.9. The van der Waals surface area contributed by atoms with Gasteiger partial charge in [-0.1, -0.05) is 340 Å². The van der Waals surface area contributed by atoms with Gasteiger partial charge in [0.15, 0.2) is 0 Å². The minimum atomic E-state index is -0.662. The molecule has 6 nitrogen and oxygen atoms in total. The van der Waals surface area contributed by atoms with Gasteiger partial charge in [0.1, 0.15) is 0 Å². The Balaban J connectivity index is 3.35. The number of aliphatic hydroxyl groups is 2. The molecule has 0 aliphatic carbocycles. The van der Waals surface area contributed by atoms with Gasteiger partial charge in [-0.2, -0.15) is 0 Å². The molecular formula is C70H135NO5. The van der Waals surface area contributed by atoms with Gasteiger partial charge in [-0.3, -0.25) is 9.59 Å². The smallest absolute Gasteiger partial charge is 0.305 e. The fourth-order valence-electron chi connectivity index (χ4n) is 11.0. The highest BCUT2D eigenvalue weighted by Crippen LogP contribution is 2.19. The number of aliphatic hydroxyl groups excluding tert-OH is 2. The number of ether oxygens (including phenoxy) is 1. The fraction of sp³-hybridized carbons (Fsp3) is 0.914. The lowest BCUT2D eigenvalue weighted by molar-refractivity contribution is -0.143. The van der Waals surface area contributed by atoms with E-state index in [9.17, 15) is 19.8 Å². The molecule has 0 radical (unpaired) electrons. The average Bonchev–Trinajstić information content (AvgIpc) is 3.42. The lowest BCUT2D eigenvalue weighted by Crippen LogP contribution is -2.45. The third kappa shape index (κ3) is 61.6. The number of carbonyl (C=O) groups is 2. The van der Waals surface area contributed by atoms with Crippen LogP contribution in [0.5, 0.6) is 0 Å². The standard InChI is InChI=1S/C70H135NO5/c1-3-5-7-9-11-13-15-17-19-31-35-38-42-46-50-54-58-62-68(73)67(66-72)71-69(74)63-59-55-51-47-43-39-36-32-29-27-25-23-21-20-22-24-26-28-30-33-37-41-45-49-53-57-61-65-76-70(75)64-60-56-52-48-44-40-34-18-16-14-12-10-8-6-4-2/h12,14,18,34,67-68,72-73H,3-11,13,15-17,19-33,35-66H2,1-2H3,(H,71,74)/b14-12-,34-18-. The molecule has 0 bridgehead atoms.